The van der Waals surface area contributed by atoms with E-state index >= 15 is 0 Å². The quantitative estimate of drug-likeness (QED) is 0.569. The van der Waals surface area contributed by atoms with E-state index in [0.717, 1.165) is 29.4 Å². The molecule has 11 heteroatoms. The Hall–Kier alpha value is -2.50. The van der Waals surface area contributed by atoms with E-state index in [-0.39, 0.29) is 15.8 Å². The van der Waals surface area contributed by atoms with Crippen LogP contribution in [0.5, 0.6) is 0 Å². The maximum Gasteiger partial charge on any atom is 0.452 e. The summed E-state index contributed by atoms with van der Waals surface area (Å²) >= 11 is 0.954. The Labute approximate surface area is 181 Å². The van der Waals surface area contributed by atoms with Gasteiger partial charge in [-0.2, -0.15) is 13.2 Å². The Balaban J connectivity index is 1.65. The van der Waals surface area contributed by atoms with Crippen LogP contribution in [-0.2, 0) is 33.9 Å². The van der Waals surface area contributed by atoms with Crippen molar-refractivity contribution in [3.63, 3.8) is 0 Å². The van der Waals surface area contributed by atoms with Gasteiger partial charge < -0.3 is 9.63 Å². The minimum atomic E-state index is -4.66. The number of nitrogens with one attached hydrogen (secondary N) is 1. The lowest BCUT2D eigenvalue weighted by Crippen LogP contribution is -2.56. The lowest BCUT2D eigenvalue weighted by Gasteiger charge is -2.40. The highest BCUT2D eigenvalue weighted by atomic mass is 32.2. The Morgan fingerprint density at radius 3 is 2.74 bits per heavy atom. The second-order valence-corrected chi connectivity index (χ2v) is 9.80. The number of benzene rings is 1. The molecule has 0 aliphatic heterocycles. The van der Waals surface area contributed by atoms with Crippen LogP contribution in [0.25, 0.3) is 10.6 Å². The summed E-state index contributed by atoms with van der Waals surface area (Å²) in [7, 11) is -1.92. The Morgan fingerprint density at radius 1 is 1.32 bits per heavy atom. The van der Waals surface area contributed by atoms with E-state index < -0.39 is 34.4 Å². The third-order valence-corrected chi connectivity index (χ3v) is 8.04. The van der Waals surface area contributed by atoms with Crippen molar-refractivity contribution in [3.8, 4) is 10.6 Å². The minimum Gasteiger partial charge on any atom is -0.480 e. The van der Waals surface area contributed by atoms with Crippen molar-refractivity contribution in [1.82, 2.24) is 9.88 Å². The van der Waals surface area contributed by atoms with E-state index in [1.54, 1.807) is 19.1 Å². The van der Waals surface area contributed by atoms with Gasteiger partial charge in [0.05, 0.1) is 4.88 Å². The fourth-order valence-corrected chi connectivity index (χ4v) is 6.15. The summed E-state index contributed by atoms with van der Waals surface area (Å²) in [6, 6.07) is 10.9. The van der Waals surface area contributed by atoms with Gasteiger partial charge in [-0.25, -0.2) is 13.7 Å². The molecule has 6 nitrogen and oxygen atoms in total. The highest BCUT2D eigenvalue weighted by Crippen LogP contribution is 2.41. The topological polar surface area (TPSA) is 92.4 Å². The second kappa shape index (κ2) is 7.88. The number of halogens is 3. The first-order chi connectivity index (χ1) is 14.6. The van der Waals surface area contributed by atoms with Crippen LogP contribution < -0.4 is 4.72 Å². The molecule has 3 unspecified atom stereocenters. The number of hydrogen-bond acceptors (Lipinski definition) is 5. The Kier molecular flexibility index (Phi) is 5.52. The second-order valence-electron chi connectivity index (χ2n) is 7.27. The van der Waals surface area contributed by atoms with Gasteiger partial charge in [0.2, 0.25) is 5.76 Å². The molecular formula is C20H17F3N2O4S2. The molecule has 0 bridgehead atoms. The fourth-order valence-electron chi connectivity index (χ4n) is 3.78. The molecule has 1 aromatic carbocycles. The third kappa shape index (κ3) is 3.81. The molecule has 0 spiro atoms. The number of carboxylic acid groups (broad SMARTS) is 1. The number of hydrogen-bond donors (Lipinski definition) is 2. The fraction of sp³-hybridized carbons (Fsp3) is 0.300. The molecule has 0 amide bonds. The Bertz CT molecular complexity index is 1160. The standard InChI is InChI=1S/C20H17F3N2O4S2/c1-11-6-7-12-4-2-3-5-13(12)19(11,18(26)27)25-31(28)17-9-8-15(30-17)14-10-16(29-24-14)20(21,22)23/h2-5,8-11,25H,6-7H2,1H3,(H,26,27). The average molecular weight is 470 g/mol. The molecule has 1 aliphatic rings. The number of carboxylic acids is 1. The zero-order valence-corrected chi connectivity index (χ0v) is 17.7. The number of fused-ring (bicyclic) bond motifs is 1. The molecule has 2 aromatic heterocycles. The smallest absolute Gasteiger partial charge is 0.452 e. The molecule has 3 atom stereocenters. The molecule has 2 heterocycles. The highest BCUT2D eigenvalue weighted by Gasteiger charge is 2.50. The molecule has 2 N–H and O–H groups in total. The van der Waals surface area contributed by atoms with Gasteiger partial charge in [-0.15, -0.1) is 11.3 Å². The van der Waals surface area contributed by atoms with Gasteiger partial charge in [0.1, 0.15) is 20.9 Å². The van der Waals surface area contributed by atoms with Gasteiger partial charge in [-0.3, -0.25) is 0 Å². The highest BCUT2D eigenvalue weighted by molar-refractivity contribution is 7.85. The number of aryl methyl sites for hydroxylation is 1. The van der Waals surface area contributed by atoms with Crippen LogP contribution in [-0.4, -0.2) is 20.4 Å². The monoisotopic (exact) mass is 470 g/mol. The normalized spacial score (nSPS) is 22.1. The van der Waals surface area contributed by atoms with Crippen molar-refractivity contribution < 1.29 is 31.8 Å². The number of aliphatic carboxylic acids is 1. The summed E-state index contributed by atoms with van der Waals surface area (Å²) in [5.41, 5.74) is -0.148. The summed E-state index contributed by atoms with van der Waals surface area (Å²) < 4.78 is 58.7. The van der Waals surface area contributed by atoms with Crippen LogP contribution in [0.1, 0.15) is 30.2 Å². The number of carbonyl (C=O) groups is 1. The summed E-state index contributed by atoms with van der Waals surface area (Å²) in [5.74, 6) is -2.70. The van der Waals surface area contributed by atoms with Crippen LogP contribution in [0.3, 0.4) is 0 Å². The SMILES string of the molecule is CC1CCc2ccccc2C1(NS(=O)c1ccc(-c2cc(C(F)(F)F)on2)s1)C(=O)O. The molecule has 3 aromatic rings. The van der Waals surface area contributed by atoms with Gasteiger partial charge in [-0.05, 0) is 42.0 Å². The zero-order chi connectivity index (χ0) is 22.4. The van der Waals surface area contributed by atoms with Crippen LogP contribution in [0.15, 0.2) is 51.2 Å². The zero-order valence-electron chi connectivity index (χ0n) is 16.1. The van der Waals surface area contributed by atoms with Crippen molar-refractivity contribution in [1.29, 1.82) is 0 Å². The molecule has 164 valence electrons. The number of rotatable bonds is 5. The van der Waals surface area contributed by atoms with Crippen LogP contribution in [0.2, 0.25) is 0 Å². The van der Waals surface area contributed by atoms with Crippen molar-refractivity contribution in [2.75, 3.05) is 0 Å². The molecule has 4 rings (SSSR count). The summed E-state index contributed by atoms with van der Waals surface area (Å²) in [6.45, 7) is 1.79. The van der Waals surface area contributed by atoms with Crippen LogP contribution in [0, 0.1) is 5.92 Å². The summed E-state index contributed by atoms with van der Waals surface area (Å²) in [4.78, 5) is 12.7. The van der Waals surface area contributed by atoms with E-state index in [1.807, 2.05) is 12.1 Å². The molecule has 0 radical (unpaired) electrons. The molecule has 0 saturated heterocycles. The third-order valence-electron chi connectivity index (χ3n) is 5.43. The average Bonchev–Trinajstić information content (AvgIpc) is 3.39. The molecule has 0 saturated carbocycles. The first kappa shape index (κ1) is 21.7. The van der Waals surface area contributed by atoms with Crippen molar-refractivity contribution in [3.05, 3.63) is 59.4 Å². The lowest BCUT2D eigenvalue weighted by atomic mass is 9.70. The number of aromatic nitrogens is 1. The van der Waals surface area contributed by atoms with Gasteiger partial charge in [0.15, 0.2) is 5.54 Å². The predicted octanol–water partition coefficient (Wildman–Crippen LogP) is 4.60. The van der Waals surface area contributed by atoms with Gasteiger partial charge >= 0.3 is 12.1 Å². The van der Waals surface area contributed by atoms with E-state index in [9.17, 15) is 27.3 Å². The van der Waals surface area contributed by atoms with Gasteiger partial charge in [0.25, 0.3) is 0 Å². The van der Waals surface area contributed by atoms with Crippen molar-refractivity contribution in [2.45, 2.75) is 35.7 Å². The van der Waals surface area contributed by atoms with Crippen LogP contribution in [0.4, 0.5) is 13.2 Å². The number of alkyl halides is 3. The van der Waals surface area contributed by atoms with Crippen molar-refractivity contribution in [2.24, 2.45) is 5.92 Å². The van der Waals surface area contributed by atoms with Crippen molar-refractivity contribution >= 4 is 28.3 Å². The summed E-state index contributed by atoms with van der Waals surface area (Å²) in [5, 5.41) is 13.6. The van der Waals surface area contributed by atoms with E-state index in [4.69, 9.17) is 0 Å². The van der Waals surface area contributed by atoms with E-state index in [2.05, 4.69) is 14.4 Å². The maximum atomic E-state index is 13.1. The predicted molar refractivity (Wildman–Crippen MR) is 108 cm³/mol. The first-order valence-electron chi connectivity index (χ1n) is 9.28. The molecular weight excluding hydrogens is 453 g/mol. The lowest BCUT2D eigenvalue weighted by molar-refractivity contribution is -0.155. The first-order valence-corrected chi connectivity index (χ1v) is 11.2. The maximum absolute atomic E-state index is 13.1. The summed E-state index contributed by atoms with van der Waals surface area (Å²) in [6.07, 6.45) is -3.34. The Morgan fingerprint density at radius 2 is 2.06 bits per heavy atom. The molecule has 0 fully saturated rings. The molecule has 31 heavy (non-hydrogen) atoms. The van der Waals surface area contributed by atoms with Crippen LogP contribution >= 0.6 is 11.3 Å². The van der Waals surface area contributed by atoms with E-state index in [1.165, 1.54) is 12.1 Å². The number of nitrogens with zero attached hydrogens (tertiary/aromatic N) is 1. The van der Waals surface area contributed by atoms with Gasteiger partial charge in [-0.1, -0.05) is 36.3 Å². The largest absolute Gasteiger partial charge is 0.480 e. The van der Waals surface area contributed by atoms with Gasteiger partial charge in [0, 0.05) is 6.07 Å². The van der Waals surface area contributed by atoms with E-state index in [0.29, 0.717) is 16.9 Å². The minimum absolute atomic E-state index is 0.0371. The number of thiophene rings is 1. The molecule has 1 aliphatic carbocycles.